The summed E-state index contributed by atoms with van der Waals surface area (Å²) in [6.45, 7) is 2.04. The molecule has 1 aromatic carbocycles. The quantitative estimate of drug-likeness (QED) is 0.815. The van der Waals surface area contributed by atoms with Crippen LogP contribution in [0.5, 0.6) is 0 Å². The molecule has 0 spiro atoms. The van der Waals surface area contributed by atoms with E-state index in [2.05, 4.69) is 20.5 Å². The van der Waals surface area contributed by atoms with Gasteiger partial charge in [-0.15, -0.1) is 10.2 Å². The number of benzene rings is 1. The van der Waals surface area contributed by atoms with Crippen LogP contribution in [0.15, 0.2) is 29.3 Å². The number of hydrogen-bond donors (Lipinski definition) is 1. The zero-order valence-corrected chi connectivity index (χ0v) is 13.1. The number of unbranched alkanes of at least 4 members (excludes halogenated alkanes) is 1. The van der Waals surface area contributed by atoms with Crippen molar-refractivity contribution in [3.8, 4) is 0 Å². The van der Waals surface area contributed by atoms with Crippen LogP contribution >= 0.6 is 22.9 Å². The molecule has 1 N–H and O–H groups in total. The Bertz CT molecular complexity index is 641. The van der Waals surface area contributed by atoms with E-state index >= 15 is 0 Å². The Hall–Kier alpha value is -1.79. The number of aliphatic imine (C=N–C) groups is 1. The number of halogens is 1. The zero-order chi connectivity index (χ0) is 15.1. The van der Waals surface area contributed by atoms with Crippen LogP contribution in [0.25, 0.3) is 0 Å². The van der Waals surface area contributed by atoms with E-state index in [9.17, 15) is 4.79 Å². The molecule has 0 saturated heterocycles. The van der Waals surface area contributed by atoms with Gasteiger partial charge in [0.15, 0.2) is 0 Å². The van der Waals surface area contributed by atoms with Crippen molar-refractivity contribution in [2.45, 2.75) is 26.2 Å². The molecule has 0 aliphatic rings. The summed E-state index contributed by atoms with van der Waals surface area (Å²) in [5.74, 6) is -0.0466. The fraction of sp³-hybridized carbons (Fsp3) is 0.286. The number of amides is 1. The summed E-state index contributed by atoms with van der Waals surface area (Å²) in [7, 11) is 0. The van der Waals surface area contributed by atoms with E-state index in [1.807, 2.05) is 25.1 Å². The molecule has 5 nitrogen and oxygen atoms in total. The van der Waals surface area contributed by atoms with Crippen molar-refractivity contribution in [3.05, 3.63) is 34.9 Å². The van der Waals surface area contributed by atoms with Gasteiger partial charge in [-0.3, -0.25) is 4.79 Å². The van der Waals surface area contributed by atoms with E-state index in [0.717, 1.165) is 18.4 Å². The van der Waals surface area contributed by atoms with Crippen molar-refractivity contribution < 1.29 is 4.79 Å². The molecule has 2 aromatic rings. The fourth-order valence-corrected chi connectivity index (χ4v) is 2.33. The molecule has 0 aliphatic heterocycles. The van der Waals surface area contributed by atoms with Crippen molar-refractivity contribution in [1.82, 2.24) is 10.2 Å². The van der Waals surface area contributed by atoms with Crippen LogP contribution in [-0.4, -0.2) is 22.3 Å². The minimum Gasteiger partial charge on any atom is -0.300 e. The molecule has 1 heterocycles. The lowest BCUT2D eigenvalue weighted by molar-refractivity contribution is -0.116. The van der Waals surface area contributed by atoms with Crippen LogP contribution in [0.4, 0.5) is 10.3 Å². The largest absolute Gasteiger partial charge is 0.300 e. The van der Waals surface area contributed by atoms with Crippen molar-refractivity contribution in [2.24, 2.45) is 4.99 Å². The number of carbonyl (C=O) groups is 1. The van der Waals surface area contributed by atoms with Gasteiger partial charge < -0.3 is 5.32 Å². The SMILES string of the molecule is CCCCC(=O)Nc1nnc(N=Cc2ccccc2Cl)s1. The monoisotopic (exact) mass is 322 g/mol. The van der Waals surface area contributed by atoms with Crippen LogP contribution in [0.2, 0.25) is 5.02 Å². The van der Waals surface area contributed by atoms with Crippen LogP contribution in [0, 0.1) is 0 Å². The molecule has 0 saturated carbocycles. The summed E-state index contributed by atoms with van der Waals surface area (Å²) < 4.78 is 0. The second-order valence-electron chi connectivity index (χ2n) is 4.32. The normalized spacial score (nSPS) is 11.0. The first-order valence-corrected chi connectivity index (χ1v) is 7.80. The van der Waals surface area contributed by atoms with Gasteiger partial charge in [-0.25, -0.2) is 4.99 Å². The van der Waals surface area contributed by atoms with Gasteiger partial charge in [-0.1, -0.05) is 54.5 Å². The van der Waals surface area contributed by atoms with Crippen LogP contribution < -0.4 is 5.32 Å². The zero-order valence-electron chi connectivity index (χ0n) is 11.5. The summed E-state index contributed by atoms with van der Waals surface area (Å²) in [5.41, 5.74) is 0.808. The van der Waals surface area contributed by atoms with Crippen molar-refractivity contribution in [1.29, 1.82) is 0 Å². The molecular weight excluding hydrogens is 308 g/mol. The van der Waals surface area contributed by atoms with Gasteiger partial charge in [0, 0.05) is 23.2 Å². The van der Waals surface area contributed by atoms with Crippen LogP contribution in [0.1, 0.15) is 31.7 Å². The Labute approximate surface area is 132 Å². The van der Waals surface area contributed by atoms with Gasteiger partial charge in [0.2, 0.25) is 16.2 Å². The Morgan fingerprint density at radius 3 is 3.00 bits per heavy atom. The number of anilines is 1. The summed E-state index contributed by atoms with van der Waals surface area (Å²) in [4.78, 5) is 15.8. The fourth-order valence-electron chi connectivity index (χ4n) is 1.54. The maximum absolute atomic E-state index is 11.6. The molecule has 0 atom stereocenters. The molecule has 110 valence electrons. The predicted octanol–water partition coefficient (Wildman–Crippen LogP) is 4.07. The number of carbonyl (C=O) groups excluding carboxylic acids is 1. The highest BCUT2D eigenvalue weighted by Gasteiger charge is 2.07. The molecular formula is C14H15ClN4OS. The first kappa shape index (κ1) is 15.6. The van der Waals surface area contributed by atoms with Gasteiger partial charge in [-0.2, -0.15) is 0 Å². The standard InChI is InChI=1S/C14H15ClN4OS/c1-2-3-8-12(20)17-14-19-18-13(21-14)16-9-10-6-4-5-7-11(10)15/h4-7,9H,2-3,8H2,1H3,(H,17,19,20). The van der Waals surface area contributed by atoms with Gasteiger partial charge in [-0.05, 0) is 12.5 Å². The molecule has 2 rings (SSSR count). The maximum atomic E-state index is 11.6. The van der Waals surface area contributed by atoms with E-state index < -0.39 is 0 Å². The predicted molar refractivity (Wildman–Crippen MR) is 86.8 cm³/mol. The van der Waals surface area contributed by atoms with Crippen molar-refractivity contribution >= 4 is 45.3 Å². The average molecular weight is 323 g/mol. The molecule has 0 radical (unpaired) electrons. The number of nitrogens with one attached hydrogen (secondary N) is 1. The van der Waals surface area contributed by atoms with Crippen LogP contribution in [0.3, 0.4) is 0 Å². The Morgan fingerprint density at radius 1 is 1.43 bits per heavy atom. The summed E-state index contributed by atoms with van der Waals surface area (Å²) >= 11 is 7.26. The van der Waals surface area contributed by atoms with Crippen molar-refractivity contribution in [3.63, 3.8) is 0 Å². The van der Waals surface area contributed by atoms with E-state index in [0.29, 0.717) is 21.7 Å². The lowest BCUT2D eigenvalue weighted by atomic mass is 10.2. The Kier molecular flexibility index (Phi) is 5.83. The van der Waals surface area contributed by atoms with Crippen molar-refractivity contribution in [2.75, 3.05) is 5.32 Å². The minimum atomic E-state index is -0.0466. The molecule has 0 fully saturated rings. The molecule has 0 unspecified atom stereocenters. The third-order valence-electron chi connectivity index (χ3n) is 2.64. The summed E-state index contributed by atoms with van der Waals surface area (Å²) in [6, 6.07) is 7.39. The van der Waals surface area contributed by atoms with Gasteiger partial charge in [0.05, 0.1) is 0 Å². The van der Waals surface area contributed by atoms with Crippen LogP contribution in [-0.2, 0) is 4.79 Å². The molecule has 21 heavy (non-hydrogen) atoms. The first-order chi connectivity index (χ1) is 10.2. The lowest BCUT2D eigenvalue weighted by Gasteiger charge is -1.98. The second kappa shape index (κ2) is 7.85. The maximum Gasteiger partial charge on any atom is 0.233 e. The Morgan fingerprint density at radius 2 is 2.24 bits per heavy atom. The lowest BCUT2D eigenvalue weighted by Crippen LogP contribution is -2.10. The number of aromatic nitrogens is 2. The first-order valence-electron chi connectivity index (χ1n) is 6.61. The highest BCUT2D eigenvalue weighted by molar-refractivity contribution is 7.18. The average Bonchev–Trinajstić information content (AvgIpc) is 2.92. The second-order valence-corrected chi connectivity index (χ2v) is 5.68. The van der Waals surface area contributed by atoms with Gasteiger partial charge in [0.25, 0.3) is 0 Å². The smallest absolute Gasteiger partial charge is 0.233 e. The summed E-state index contributed by atoms with van der Waals surface area (Å²) in [6.07, 6.45) is 3.97. The number of rotatable bonds is 6. The van der Waals surface area contributed by atoms with E-state index in [-0.39, 0.29) is 5.91 Å². The topological polar surface area (TPSA) is 67.2 Å². The third kappa shape index (κ3) is 4.91. The van der Waals surface area contributed by atoms with E-state index in [1.54, 1.807) is 12.3 Å². The highest BCUT2D eigenvalue weighted by Crippen LogP contribution is 2.23. The molecule has 1 aromatic heterocycles. The molecule has 1 amide bonds. The minimum absolute atomic E-state index is 0.0466. The van der Waals surface area contributed by atoms with E-state index in [4.69, 9.17) is 11.6 Å². The number of hydrogen-bond acceptors (Lipinski definition) is 5. The molecule has 0 bridgehead atoms. The number of nitrogens with zero attached hydrogens (tertiary/aromatic N) is 3. The Balaban J connectivity index is 1.97. The third-order valence-corrected chi connectivity index (χ3v) is 3.73. The highest BCUT2D eigenvalue weighted by atomic mass is 35.5. The van der Waals surface area contributed by atoms with Gasteiger partial charge in [0.1, 0.15) is 0 Å². The van der Waals surface area contributed by atoms with Gasteiger partial charge >= 0.3 is 0 Å². The summed E-state index contributed by atoms with van der Waals surface area (Å²) in [5, 5.41) is 12.1. The molecule has 0 aliphatic carbocycles. The molecule has 7 heteroatoms. The van der Waals surface area contributed by atoms with E-state index in [1.165, 1.54) is 11.3 Å².